The van der Waals surface area contributed by atoms with E-state index >= 15 is 0 Å². The Bertz CT molecular complexity index is 5950. The third-order valence-corrected chi connectivity index (χ3v) is 21.9. The summed E-state index contributed by atoms with van der Waals surface area (Å²) in [6, 6.07) is 108. The molecular formula is C90H64BClN8O2S2. The number of halogens is 1. The summed E-state index contributed by atoms with van der Waals surface area (Å²) >= 11 is 9.75. The fourth-order valence-corrected chi connectivity index (χ4v) is 15.8. The summed E-state index contributed by atoms with van der Waals surface area (Å²) in [5.74, 6) is 3.02. The van der Waals surface area contributed by atoms with Gasteiger partial charge in [-0.2, -0.15) is 9.97 Å². The second-order valence-corrected chi connectivity index (χ2v) is 29.0. The van der Waals surface area contributed by atoms with Crippen LogP contribution in [0.4, 0.5) is 0 Å². The van der Waals surface area contributed by atoms with Gasteiger partial charge in [-0.3, -0.25) is 0 Å². The van der Waals surface area contributed by atoms with Crippen molar-refractivity contribution < 1.29 is 9.31 Å². The predicted octanol–water partition coefficient (Wildman–Crippen LogP) is 23.2. The molecule has 0 spiro atoms. The lowest BCUT2D eigenvalue weighted by Crippen LogP contribution is -2.41. The highest BCUT2D eigenvalue weighted by molar-refractivity contribution is 7.27. The number of aromatic nitrogens is 8. The van der Waals surface area contributed by atoms with Crippen molar-refractivity contribution >= 4 is 109 Å². The average Bonchev–Trinajstić information content (AvgIpc) is 1.57. The molecule has 0 bridgehead atoms. The maximum Gasteiger partial charge on any atom is 0.497 e. The second kappa shape index (κ2) is 27.9. The van der Waals surface area contributed by atoms with Gasteiger partial charge in [0.1, 0.15) is 0 Å². The van der Waals surface area contributed by atoms with Gasteiger partial charge in [0.15, 0.2) is 29.1 Å². The van der Waals surface area contributed by atoms with E-state index in [4.69, 9.17) is 45.8 Å². The van der Waals surface area contributed by atoms with Gasteiger partial charge in [-0.25, -0.2) is 29.9 Å². The molecule has 14 heteroatoms. The van der Waals surface area contributed by atoms with Gasteiger partial charge in [-0.05, 0) is 108 Å². The van der Waals surface area contributed by atoms with Gasteiger partial charge in [0, 0.05) is 64.2 Å². The summed E-state index contributed by atoms with van der Waals surface area (Å²) in [6.07, 6.45) is 0. The van der Waals surface area contributed by atoms with E-state index in [-0.39, 0.29) is 16.5 Å². The predicted molar refractivity (Wildman–Crippen MR) is 432 cm³/mol. The van der Waals surface area contributed by atoms with E-state index < -0.39 is 7.12 Å². The summed E-state index contributed by atoms with van der Waals surface area (Å²) in [4.78, 5) is 38.9. The Morgan fingerprint density at radius 3 is 0.942 bits per heavy atom. The number of nitrogens with zero attached hydrogens (tertiary/aromatic N) is 8. The Balaban J connectivity index is 0.000000122. The minimum Gasteiger partial charge on any atom is -0.399 e. The summed E-state index contributed by atoms with van der Waals surface area (Å²) in [6.45, 7) is 8.38. The highest BCUT2D eigenvalue weighted by Crippen LogP contribution is 2.44. The smallest absolute Gasteiger partial charge is 0.399 e. The Morgan fingerprint density at radius 2 is 0.548 bits per heavy atom. The quantitative estimate of drug-likeness (QED) is 0.122. The van der Waals surface area contributed by atoms with Crippen molar-refractivity contribution in [3.05, 3.63) is 321 Å². The topological polar surface area (TPSA) is 122 Å². The zero-order valence-electron chi connectivity index (χ0n) is 57.2. The van der Waals surface area contributed by atoms with Gasteiger partial charge in [0.25, 0.3) is 0 Å². The zero-order valence-corrected chi connectivity index (χ0v) is 59.6. The van der Waals surface area contributed by atoms with Gasteiger partial charge in [-0.15, -0.1) is 22.7 Å². The largest absolute Gasteiger partial charge is 0.497 e. The van der Waals surface area contributed by atoms with Crippen LogP contribution in [0.25, 0.3) is 164 Å². The highest BCUT2D eigenvalue weighted by Gasteiger charge is 2.53. The van der Waals surface area contributed by atoms with Crippen molar-refractivity contribution in [3.8, 4) is 101 Å². The normalized spacial score (nSPS) is 13.1. The fourth-order valence-electron chi connectivity index (χ4n) is 13.2. The van der Waals surface area contributed by atoms with E-state index in [0.29, 0.717) is 29.1 Å². The van der Waals surface area contributed by atoms with Crippen molar-refractivity contribution in [2.75, 3.05) is 0 Å². The van der Waals surface area contributed by atoms with Crippen LogP contribution >= 0.6 is 34.3 Å². The number of hydrogen-bond acceptors (Lipinski definition) is 12. The molecular weight excluding hydrogens is 1340 g/mol. The lowest BCUT2D eigenvalue weighted by atomic mass is 9.76. The van der Waals surface area contributed by atoms with Crippen molar-refractivity contribution in [1.29, 1.82) is 0 Å². The minimum atomic E-state index is -0.400. The molecule has 0 amide bonds. The highest BCUT2D eigenvalue weighted by atomic mass is 35.5. The second-order valence-electron chi connectivity index (χ2n) is 26.5. The summed E-state index contributed by atoms with van der Waals surface area (Å²) in [7, 11) is -0.400. The number of hydrogen-bond donors (Lipinski definition) is 0. The first kappa shape index (κ1) is 65.5. The Hall–Kier alpha value is -11.8. The number of benzene rings is 12. The first-order valence-corrected chi connectivity index (χ1v) is 36.5. The molecule has 498 valence electrons. The third kappa shape index (κ3) is 13.0. The van der Waals surface area contributed by atoms with Crippen LogP contribution < -0.4 is 5.46 Å². The molecule has 1 aliphatic rings. The molecule has 10 nitrogen and oxygen atoms in total. The molecule has 0 radical (unpaired) electrons. The van der Waals surface area contributed by atoms with Crippen molar-refractivity contribution in [2.45, 2.75) is 38.9 Å². The Labute approximate surface area is 615 Å². The number of pyridine rings is 2. The molecule has 1 saturated heterocycles. The average molecular weight is 1400 g/mol. The number of rotatable bonds is 10. The molecule has 1 aliphatic heterocycles. The fraction of sp³-hybridized carbons (Fsp3) is 0.0667. The van der Waals surface area contributed by atoms with Crippen molar-refractivity contribution in [1.82, 2.24) is 39.9 Å². The summed E-state index contributed by atoms with van der Waals surface area (Å²) in [5.41, 5.74) is 18.2. The van der Waals surface area contributed by atoms with E-state index in [0.717, 1.165) is 103 Å². The van der Waals surface area contributed by atoms with Gasteiger partial charge < -0.3 is 9.31 Å². The van der Waals surface area contributed by atoms with Crippen LogP contribution in [0.15, 0.2) is 315 Å². The maximum absolute atomic E-state index is 6.42. The minimum absolute atomic E-state index is 0.180. The first-order chi connectivity index (χ1) is 50.9. The van der Waals surface area contributed by atoms with Crippen LogP contribution in [0.2, 0.25) is 5.28 Å². The van der Waals surface area contributed by atoms with Crippen LogP contribution in [-0.2, 0) is 9.31 Å². The molecule has 104 heavy (non-hydrogen) atoms. The molecule has 18 aromatic rings. The molecule has 7 heterocycles. The van der Waals surface area contributed by atoms with Gasteiger partial charge in [0.05, 0.1) is 42.7 Å². The van der Waals surface area contributed by atoms with Gasteiger partial charge in [-0.1, -0.05) is 291 Å². The van der Waals surface area contributed by atoms with Gasteiger partial charge in [0.2, 0.25) is 5.28 Å². The van der Waals surface area contributed by atoms with Crippen LogP contribution in [0.5, 0.6) is 0 Å². The van der Waals surface area contributed by atoms with E-state index in [2.05, 4.69) is 273 Å². The van der Waals surface area contributed by atoms with Crippen LogP contribution in [0, 0.1) is 0 Å². The van der Waals surface area contributed by atoms with Gasteiger partial charge >= 0.3 is 7.12 Å². The molecule has 0 saturated carbocycles. The molecule has 0 atom stereocenters. The van der Waals surface area contributed by atoms with E-state index in [1.54, 1.807) is 22.7 Å². The lowest BCUT2D eigenvalue weighted by molar-refractivity contribution is 0.00578. The van der Waals surface area contributed by atoms with Crippen LogP contribution in [-0.4, -0.2) is 58.2 Å². The molecule has 6 aromatic heterocycles. The molecule has 0 aliphatic carbocycles. The molecule has 19 rings (SSSR count). The summed E-state index contributed by atoms with van der Waals surface area (Å²) in [5, 5.41) is 4.64. The van der Waals surface area contributed by atoms with Crippen LogP contribution in [0.3, 0.4) is 0 Å². The standard InChI is InChI=1S/C42H26N4S.C27H18ClN3.C21H20BNO2S/c1-3-11-27(12-4-1)29-19-23-31(24-20-29)40-44-41(32-25-21-30(22-26-32)28-13-5-2-6-14-28)46-42(45-40)37-33-15-7-9-17-35(33)43-38-34-16-8-10-18-36(34)47-39(37)38;28-27-30-25(23-15-11-21(12-16-23)19-7-3-1-4-8-19)29-26(31-27)24-17-13-22(14-18-24)20-9-5-2-6-10-20;1-20(2)21(3,4)25-22(24-20)17-13-9-5-7-11-15(13)23-18-14-10-6-8-12-16(14)26-19(17)18/h1-26H;1-18H;5-12H,1-4H3. The van der Waals surface area contributed by atoms with Crippen molar-refractivity contribution in [2.24, 2.45) is 0 Å². The van der Waals surface area contributed by atoms with E-state index in [1.165, 1.54) is 37.0 Å². The number of thiophene rings is 2. The monoisotopic (exact) mass is 1400 g/mol. The zero-order chi connectivity index (χ0) is 70.3. The third-order valence-electron chi connectivity index (χ3n) is 19.4. The van der Waals surface area contributed by atoms with E-state index in [1.807, 2.05) is 84.9 Å². The number of fused-ring (bicyclic) bond motifs is 8. The molecule has 1 fully saturated rings. The molecule has 0 unspecified atom stereocenters. The Kier molecular flexibility index (Phi) is 17.5. The SMILES string of the molecule is CC1(C)OB(c2c3ccccc3nc3c2sc2ccccc23)OC1(C)C.Clc1nc(-c2ccc(-c3ccccc3)cc2)nc(-c2ccc(-c3ccccc3)cc2)n1.c1ccc(-c2ccc(-c3nc(-c4ccc(-c5ccccc5)cc4)nc(-c4c5ccccc5nc5c4sc4ccccc45)n3)cc2)cc1. The summed E-state index contributed by atoms with van der Waals surface area (Å²) < 4.78 is 17.5. The van der Waals surface area contributed by atoms with Crippen molar-refractivity contribution in [3.63, 3.8) is 0 Å². The molecule has 0 N–H and O–H groups in total. The van der Waals surface area contributed by atoms with Crippen LogP contribution in [0.1, 0.15) is 27.7 Å². The maximum atomic E-state index is 6.42. The first-order valence-electron chi connectivity index (χ1n) is 34.5. The number of para-hydroxylation sites is 2. The van der Waals surface area contributed by atoms with E-state index in [9.17, 15) is 0 Å². The molecule has 12 aromatic carbocycles. The Morgan fingerprint density at radius 1 is 0.269 bits per heavy atom. The lowest BCUT2D eigenvalue weighted by Gasteiger charge is -2.32.